The molecular formula is C24H28N2O7S2. The number of methoxy groups -OCH3 is 2. The Morgan fingerprint density at radius 2 is 1.80 bits per heavy atom. The molecule has 0 radical (unpaired) electrons. The summed E-state index contributed by atoms with van der Waals surface area (Å²) >= 11 is 2.25. The highest BCUT2D eigenvalue weighted by atomic mass is 32.2. The van der Waals surface area contributed by atoms with Crippen LogP contribution in [-0.2, 0) is 27.2 Å². The Morgan fingerprint density at radius 1 is 1.09 bits per heavy atom. The molecule has 0 saturated carbocycles. The Morgan fingerprint density at radius 3 is 2.46 bits per heavy atom. The second kappa shape index (κ2) is 12.1. The lowest BCUT2D eigenvalue weighted by molar-refractivity contribution is -0.139. The number of benzene rings is 1. The second-order valence-corrected chi connectivity index (χ2v) is 9.28. The highest BCUT2D eigenvalue weighted by Gasteiger charge is 2.23. The highest BCUT2D eigenvalue weighted by Crippen LogP contribution is 2.31. The zero-order chi connectivity index (χ0) is 25.5. The zero-order valence-corrected chi connectivity index (χ0v) is 22.0. The van der Waals surface area contributed by atoms with Crippen molar-refractivity contribution in [1.29, 1.82) is 0 Å². The third-order valence-electron chi connectivity index (χ3n) is 5.17. The molecule has 0 unspecified atom stereocenters. The third-order valence-corrected chi connectivity index (χ3v) is 7.29. The lowest BCUT2D eigenvalue weighted by Crippen LogP contribution is -2.25. The maximum absolute atomic E-state index is 13.6. The van der Waals surface area contributed by atoms with E-state index in [4.69, 9.17) is 18.9 Å². The van der Waals surface area contributed by atoms with Crippen molar-refractivity contribution in [3.63, 3.8) is 0 Å². The molecule has 0 bridgehead atoms. The summed E-state index contributed by atoms with van der Waals surface area (Å²) in [5, 5.41) is 0.763. The minimum Gasteiger partial charge on any atom is -0.493 e. The predicted molar refractivity (Wildman–Crippen MR) is 135 cm³/mol. The Labute approximate surface area is 211 Å². The topological polar surface area (TPSA) is 106 Å². The molecule has 3 rings (SSSR count). The molecule has 0 saturated heterocycles. The summed E-state index contributed by atoms with van der Waals surface area (Å²) in [7, 11) is 3.13. The number of carbonyl (C=O) groups is 2. The number of rotatable bonds is 11. The van der Waals surface area contributed by atoms with Crippen LogP contribution in [0.4, 0.5) is 0 Å². The van der Waals surface area contributed by atoms with E-state index in [0.29, 0.717) is 50.3 Å². The van der Waals surface area contributed by atoms with Crippen LogP contribution >= 0.6 is 23.1 Å². The normalized spacial score (nSPS) is 10.9. The molecule has 3 aromatic rings. The van der Waals surface area contributed by atoms with Crippen molar-refractivity contribution in [3.8, 4) is 11.5 Å². The van der Waals surface area contributed by atoms with Crippen LogP contribution in [0.2, 0.25) is 0 Å². The Balaban J connectivity index is 2.02. The average Bonchev–Trinajstić information content (AvgIpc) is 3.18. The van der Waals surface area contributed by atoms with Crippen molar-refractivity contribution in [2.45, 2.75) is 38.9 Å². The number of aryl methyl sites for hydroxylation is 2. The number of carbonyl (C=O) groups excluding carboxylic acids is 2. The van der Waals surface area contributed by atoms with Crippen LogP contribution in [0.1, 0.15) is 34.6 Å². The van der Waals surface area contributed by atoms with Crippen molar-refractivity contribution in [1.82, 2.24) is 9.55 Å². The van der Waals surface area contributed by atoms with E-state index in [1.54, 1.807) is 35.0 Å². The molecule has 0 atom stereocenters. The fourth-order valence-electron chi connectivity index (χ4n) is 3.50. The number of hydrogen-bond acceptors (Lipinski definition) is 10. The standard InChI is InChI=1S/C24H28N2O7S2/c1-6-32-18(27)13-34-24-25-21-19(14(3)20(35-21)23(29)33-7-2)22(28)26(24)11-10-15-8-9-16(30-4)17(12-15)31-5/h8-9,12H,6-7,10-11,13H2,1-5H3. The van der Waals surface area contributed by atoms with Gasteiger partial charge in [0.25, 0.3) is 5.56 Å². The van der Waals surface area contributed by atoms with Gasteiger partial charge < -0.3 is 18.9 Å². The van der Waals surface area contributed by atoms with Crippen LogP contribution < -0.4 is 15.0 Å². The number of hydrogen-bond donors (Lipinski definition) is 0. The number of thiophene rings is 1. The molecular weight excluding hydrogens is 492 g/mol. The number of thioether (sulfide) groups is 1. The van der Waals surface area contributed by atoms with Crippen LogP contribution in [0.15, 0.2) is 28.2 Å². The fourth-order valence-corrected chi connectivity index (χ4v) is 5.44. The summed E-state index contributed by atoms with van der Waals surface area (Å²) in [5.74, 6) is 0.341. The largest absolute Gasteiger partial charge is 0.493 e. The Bertz CT molecular complexity index is 1280. The molecule has 0 aliphatic heterocycles. The molecule has 0 aliphatic carbocycles. The fraction of sp³-hybridized carbons (Fsp3) is 0.417. The lowest BCUT2D eigenvalue weighted by Gasteiger charge is -2.13. The smallest absolute Gasteiger partial charge is 0.348 e. The summed E-state index contributed by atoms with van der Waals surface area (Å²) in [5.41, 5.74) is 1.21. The zero-order valence-electron chi connectivity index (χ0n) is 20.3. The van der Waals surface area contributed by atoms with E-state index in [1.165, 1.54) is 4.57 Å². The van der Waals surface area contributed by atoms with E-state index < -0.39 is 11.9 Å². The van der Waals surface area contributed by atoms with Crippen molar-refractivity contribution in [3.05, 3.63) is 44.6 Å². The molecule has 0 N–H and O–H groups in total. The number of esters is 2. The molecule has 0 spiro atoms. The molecule has 2 aromatic heterocycles. The molecule has 0 amide bonds. The van der Waals surface area contributed by atoms with Crippen LogP contribution in [0.25, 0.3) is 10.2 Å². The lowest BCUT2D eigenvalue weighted by atomic mass is 10.1. The van der Waals surface area contributed by atoms with Crippen LogP contribution in [0.5, 0.6) is 11.5 Å². The van der Waals surface area contributed by atoms with Gasteiger partial charge in [0, 0.05) is 6.54 Å². The van der Waals surface area contributed by atoms with Crippen molar-refractivity contribution >= 4 is 45.3 Å². The van der Waals surface area contributed by atoms with Gasteiger partial charge in [0.05, 0.1) is 38.6 Å². The maximum atomic E-state index is 13.6. The molecule has 188 valence electrons. The second-order valence-electron chi connectivity index (χ2n) is 7.34. The maximum Gasteiger partial charge on any atom is 0.348 e. The molecule has 2 heterocycles. The van der Waals surface area contributed by atoms with E-state index in [2.05, 4.69) is 4.98 Å². The third kappa shape index (κ3) is 5.96. The van der Waals surface area contributed by atoms with Crippen molar-refractivity contribution in [2.24, 2.45) is 0 Å². The van der Waals surface area contributed by atoms with Gasteiger partial charge >= 0.3 is 11.9 Å². The van der Waals surface area contributed by atoms with Gasteiger partial charge in [-0.15, -0.1) is 11.3 Å². The van der Waals surface area contributed by atoms with Gasteiger partial charge in [0.15, 0.2) is 16.7 Å². The van der Waals surface area contributed by atoms with Crippen molar-refractivity contribution < 1.29 is 28.5 Å². The van der Waals surface area contributed by atoms with Gasteiger partial charge in [-0.2, -0.15) is 0 Å². The van der Waals surface area contributed by atoms with Crippen LogP contribution in [0, 0.1) is 6.92 Å². The average molecular weight is 521 g/mol. The van der Waals surface area contributed by atoms with E-state index in [9.17, 15) is 14.4 Å². The van der Waals surface area contributed by atoms with Gasteiger partial charge in [-0.05, 0) is 50.5 Å². The highest BCUT2D eigenvalue weighted by molar-refractivity contribution is 7.99. The van der Waals surface area contributed by atoms with Crippen LogP contribution in [0.3, 0.4) is 0 Å². The summed E-state index contributed by atoms with van der Waals surface area (Å²) < 4.78 is 22.4. The first kappa shape index (κ1) is 26.6. The first-order valence-corrected chi connectivity index (χ1v) is 12.8. The number of aromatic nitrogens is 2. The van der Waals surface area contributed by atoms with E-state index in [-0.39, 0.29) is 24.5 Å². The van der Waals surface area contributed by atoms with E-state index >= 15 is 0 Å². The van der Waals surface area contributed by atoms with Gasteiger partial charge in [0.2, 0.25) is 0 Å². The summed E-state index contributed by atoms with van der Waals surface area (Å²) in [6, 6.07) is 5.57. The number of ether oxygens (including phenoxy) is 4. The van der Waals surface area contributed by atoms with Gasteiger partial charge in [-0.25, -0.2) is 9.78 Å². The molecule has 9 nitrogen and oxygen atoms in total. The van der Waals surface area contributed by atoms with Gasteiger partial charge in [-0.3, -0.25) is 14.2 Å². The minimum atomic E-state index is -0.481. The minimum absolute atomic E-state index is 0.0111. The first-order chi connectivity index (χ1) is 16.8. The summed E-state index contributed by atoms with van der Waals surface area (Å²) in [6.45, 7) is 5.99. The Kier molecular flexibility index (Phi) is 9.16. The SMILES string of the molecule is CCOC(=O)CSc1nc2sc(C(=O)OCC)c(C)c2c(=O)n1CCc1ccc(OC)c(OC)c1. The quantitative estimate of drug-likeness (QED) is 0.212. The monoisotopic (exact) mass is 520 g/mol. The number of fused-ring (bicyclic) bond motifs is 1. The summed E-state index contributed by atoms with van der Waals surface area (Å²) in [6.07, 6.45) is 0.508. The first-order valence-electron chi connectivity index (χ1n) is 11.0. The Hall–Kier alpha value is -3.05. The van der Waals surface area contributed by atoms with E-state index in [0.717, 1.165) is 28.7 Å². The summed E-state index contributed by atoms with van der Waals surface area (Å²) in [4.78, 5) is 43.4. The molecule has 0 fully saturated rings. The van der Waals surface area contributed by atoms with Gasteiger partial charge in [0.1, 0.15) is 9.71 Å². The van der Waals surface area contributed by atoms with Crippen LogP contribution in [-0.4, -0.2) is 54.7 Å². The van der Waals surface area contributed by atoms with Gasteiger partial charge in [-0.1, -0.05) is 17.8 Å². The molecule has 1 aromatic carbocycles. The number of nitrogens with zero attached hydrogens (tertiary/aromatic N) is 2. The molecule has 35 heavy (non-hydrogen) atoms. The van der Waals surface area contributed by atoms with Crippen molar-refractivity contribution in [2.75, 3.05) is 33.2 Å². The molecule has 0 aliphatic rings. The predicted octanol–water partition coefficient (Wildman–Crippen LogP) is 3.86. The van der Waals surface area contributed by atoms with E-state index in [1.807, 2.05) is 18.2 Å². The molecule has 11 heteroatoms.